The van der Waals surface area contributed by atoms with Crippen molar-refractivity contribution in [1.82, 2.24) is 0 Å². The molecule has 0 N–H and O–H groups in total. The summed E-state index contributed by atoms with van der Waals surface area (Å²) in [5.41, 5.74) is 0.918. The van der Waals surface area contributed by atoms with E-state index < -0.39 is 23.6 Å². The van der Waals surface area contributed by atoms with Crippen LogP contribution in [0, 0.1) is 5.92 Å². The molecule has 0 aliphatic carbocycles. The zero-order chi connectivity index (χ0) is 13.9. The highest BCUT2D eigenvalue weighted by Gasteiger charge is 2.46. The van der Waals surface area contributed by atoms with Gasteiger partial charge in [-0.05, 0) is 12.0 Å². The van der Waals surface area contributed by atoms with Crippen LogP contribution in [0.15, 0.2) is 30.3 Å². The molecule has 1 aliphatic rings. The zero-order valence-corrected chi connectivity index (χ0v) is 11.2. The van der Waals surface area contributed by atoms with Crippen molar-refractivity contribution in [2.24, 2.45) is 5.92 Å². The Bertz CT molecular complexity index is 442. The largest absolute Gasteiger partial charge is 0.422 e. The molecule has 1 aromatic carbocycles. The molecule has 19 heavy (non-hydrogen) atoms. The molecule has 1 heterocycles. The highest BCUT2D eigenvalue weighted by Crippen LogP contribution is 2.31. The highest BCUT2D eigenvalue weighted by atomic mass is 16.7. The van der Waals surface area contributed by atoms with Gasteiger partial charge in [-0.1, -0.05) is 44.2 Å². The van der Waals surface area contributed by atoms with Gasteiger partial charge < -0.3 is 9.47 Å². The van der Waals surface area contributed by atoms with Crippen LogP contribution in [-0.2, 0) is 25.5 Å². The van der Waals surface area contributed by atoms with Crippen molar-refractivity contribution in [2.75, 3.05) is 0 Å². The minimum absolute atomic E-state index is 0.321. The predicted molar refractivity (Wildman–Crippen MR) is 69.1 cm³/mol. The van der Waals surface area contributed by atoms with Gasteiger partial charge in [0.05, 0.1) is 0 Å². The van der Waals surface area contributed by atoms with E-state index in [2.05, 4.69) is 0 Å². The number of benzene rings is 1. The number of rotatable bonds is 4. The van der Waals surface area contributed by atoms with Gasteiger partial charge in [-0.2, -0.15) is 0 Å². The van der Waals surface area contributed by atoms with Gasteiger partial charge in [0.1, 0.15) is 0 Å². The lowest BCUT2D eigenvalue weighted by Gasteiger charge is -2.37. The molecule has 0 unspecified atom stereocenters. The normalized spacial score (nSPS) is 18.8. The van der Waals surface area contributed by atoms with Crippen molar-refractivity contribution in [3.63, 3.8) is 0 Å². The fourth-order valence-corrected chi connectivity index (χ4v) is 2.18. The third-order valence-electron chi connectivity index (χ3n) is 3.50. The van der Waals surface area contributed by atoms with Crippen LogP contribution in [0.4, 0.5) is 0 Å². The Balaban J connectivity index is 2.13. The number of carbonyl (C=O) groups excluding carboxylic acids is 2. The van der Waals surface area contributed by atoms with E-state index in [-0.39, 0.29) is 0 Å². The fourth-order valence-electron chi connectivity index (χ4n) is 2.18. The molecule has 0 amide bonds. The van der Waals surface area contributed by atoms with E-state index in [1.807, 2.05) is 44.2 Å². The SMILES string of the molecule is CCC1(CC)OC(=O)C(Cc2ccccc2)C(=O)O1. The summed E-state index contributed by atoms with van der Waals surface area (Å²) in [6.45, 7) is 3.67. The molecule has 1 saturated heterocycles. The molecule has 4 heteroatoms. The van der Waals surface area contributed by atoms with Crippen molar-refractivity contribution in [1.29, 1.82) is 0 Å². The maximum atomic E-state index is 12.0. The second-order valence-corrected chi connectivity index (χ2v) is 4.70. The maximum absolute atomic E-state index is 12.0. The summed E-state index contributed by atoms with van der Waals surface area (Å²) in [6.07, 6.45) is 1.26. The van der Waals surface area contributed by atoms with Gasteiger partial charge >= 0.3 is 11.9 Å². The lowest BCUT2D eigenvalue weighted by atomic mass is 9.97. The monoisotopic (exact) mass is 262 g/mol. The van der Waals surface area contributed by atoms with Crippen LogP contribution in [0.25, 0.3) is 0 Å². The number of ether oxygens (including phenoxy) is 2. The summed E-state index contributed by atoms with van der Waals surface area (Å²) < 4.78 is 10.7. The zero-order valence-electron chi connectivity index (χ0n) is 11.2. The lowest BCUT2D eigenvalue weighted by molar-refractivity contribution is -0.254. The van der Waals surface area contributed by atoms with Gasteiger partial charge in [-0.3, -0.25) is 9.59 Å². The number of hydrogen-bond donors (Lipinski definition) is 0. The van der Waals surface area contributed by atoms with E-state index in [0.717, 1.165) is 5.56 Å². The topological polar surface area (TPSA) is 52.6 Å². The van der Waals surface area contributed by atoms with E-state index in [4.69, 9.17) is 9.47 Å². The quantitative estimate of drug-likeness (QED) is 0.618. The molecule has 0 saturated carbocycles. The number of hydrogen-bond acceptors (Lipinski definition) is 4. The summed E-state index contributed by atoms with van der Waals surface area (Å²) >= 11 is 0. The minimum atomic E-state index is -1.07. The van der Waals surface area contributed by atoms with Crippen LogP contribution in [0.1, 0.15) is 32.3 Å². The van der Waals surface area contributed by atoms with Crippen molar-refractivity contribution in [3.8, 4) is 0 Å². The van der Waals surface area contributed by atoms with E-state index in [1.54, 1.807) is 0 Å². The van der Waals surface area contributed by atoms with Gasteiger partial charge in [-0.25, -0.2) is 0 Å². The molecule has 0 atom stereocenters. The van der Waals surface area contributed by atoms with E-state index >= 15 is 0 Å². The van der Waals surface area contributed by atoms with Gasteiger partial charge in [0.15, 0.2) is 5.92 Å². The minimum Gasteiger partial charge on any atom is -0.422 e. The molecule has 4 nitrogen and oxygen atoms in total. The molecular weight excluding hydrogens is 244 g/mol. The van der Waals surface area contributed by atoms with Gasteiger partial charge in [0.25, 0.3) is 5.79 Å². The van der Waals surface area contributed by atoms with Crippen LogP contribution in [0.3, 0.4) is 0 Å². The Labute approximate surface area is 112 Å². The Morgan fingerprint density at radius 3 is 2.00 bits per heavy atom. The summed E-state index contributed by atoms with van der Waals surface area (Å²) in [6, 6.07) is 9.39. The average molecular weight is 262 g/mol. The van der Waals surface area contributed by atoms with Gasteiger partial charge in [0.2, 0.25) is 0 Å². The third kappa shape index (κ3) is 2.78. The van der Waals surface area contributed by atoms with Crippen molar-refractivity contribution < 1.29 is 19.1 Å². The molecule has 0 radical (unpaired) electrons. The first-order valence-electron chi connectivity index (χ1n) is 6.60. The molecule has 1 aliphatic heterocycles. The Morgan fingerprint density at radius 1 is 1.00 bits per heavy atom. The van der Waals surface area contributed by atoms with Crippen molar-refractivity contribution in [3.05, 3.63) is 35.9 Å². The highest BCUT2D eigenvalue weighted by molar-refractivity contribution is 5.97. The van der Waals surface area contributed by atoms with Crippen LogP contribution < -0.4 is 0 Å². The third-order valence-corrected chi connectivity index (χ3v) is 3.50. The first kappa shape index (κ1) is 13.6. The second kappa shape index (κ2) is 5.43. The Hall–Kier alpha value is -1.84. The second-order valence-electron chi connectivity index (χ2n) is 4.70. The van der Waals surface area contributed by atoms with Gasteiger partial charge in [-0.15, -0.1) is 0 Å². The fraction of sp³-hybridized carbons (Fsp3) is 0.467. The van der Waals surface area contributed by atoms with Crippen LogP contribution >= 0.6 is 0 Å². The Morgan fingerprint density at radius 2 is 1.53 bits per heavy atom. The number of cyclic esters (lactones) is 2. The van der Waals surface area contributed by atoms with E-state index in [1.165, 1.54) is 0 Å². The number of esters is 2. The molecule has 0 spiro atoms. The van der Waals surface area contributed by atoms with E-state index in [0.29, 0.717) is 19.3 Å². The first-order valence-corrected chi connectivity index (χ1v) is 6.60. The van der Waals surface area contributed by atoms with Gasteiger partial charge in [0, 0.05) is 12.8 Å². The van der Waals surface area contributed by atoms with Crippen LogP contribution in [0.5, 0.6) is 0 Å². The van der Waals surface area contributed by atoms with Crippen LogP contribution in [-0.4, -0.2) is 17.7 Å². The first-order chi connectivity index (χ1) is 9.10. The molecule has 1 aromatic rings. The summed E-state index contributed by atoms with van der Waals surface area (Å²) in [5.74, 6) is -2.89. The summed E-state index contributed by atoms with van der Waals surface area (Å²) in [5, 5.41) is 0. The molecule has 2 rings (SSSR count). The van der Waals surface area contributed by atoms with Crippen molar-refractivity contribution >= 4 is 11.9 Å². The smallest absolute Gasteiger partial charge is 0.323 e. The summed E-state index contributed by atoms with van der Waals surface area (Å²) in [4.78, 5) is 24.0. The number of carbonyl (C=O) groups is 2. The van der Waals surface area contributed by atoms with E-state index in [9.17, 15) is 9.59 Å². The maximum Gasteiger partial charge on any atom is 0.323 e. The lowest BCUT2D eigenvalue weighted by Crippen LogP contribution is -2.49. The van der Waals surface area contributed by atoms with Crippen LogP contribution in [0.2, 0.25) is 0 Å². The summed E-state index contributed by atoms with van der Waals surface area (Å²) in [7, 11) is 0. The molecule has 1 fully saturated rings. The van der Waals surface area contributed by atoms with Crippen molar-refractivity contribution in [2.45, 2.75) is 38.9 Å². The molecular formula is C15H18O4. The standard InChI is InChI=1S/C15H18O4/c1-3-15(4-2)18-13(16)12(14(17)19-15)10-11-8-6-5-7-9-11/h5-9,12H,3-4,10H2,1-2H3. The molecule has 102 valence electrons. The predicted octanol–water partition coefficient (Wildman–Crippen LogP) is 2.46. The molecule has 0 bridgehead atoms. The Kier molecular flexibility index (Phi) is 3.88. The average Bonchev–Trinajstić information content (AvgIpc) is 2.44. The molecule has 0 aromatic heterocycles.